The van der Waals surface area contributed by atoms with Crippen molar-refractivity contribution < 1.29 is 19.8 Å². The lowest BCUT2D eigenvalue weighted by molar-refractivity contribution is -0.146. The number of carboxylic acid groups (broad SMARTS) is 1. The summed E-state index contributed by atoms with van der Waals surface area (Å²) in [6, 6.07) is -0.0596. The molecular formula is C11H22N2O4. The molecule has 0 bridgehead atoms. The van der Waals surface area contributed by atoms with Gasteiger partial charge in [-0.2, -0.15) is 0 Å². The van der Waals surface area contributed by atoms with Gasteiger partial charge in [-0.15, -0.1) is 0 Å². The Bertz CT molecular complexity index is 254. The Morgan fingerprint density at radius 1 is 1.29 bits per heavy atom. The first-order valence-corrected chi connectivity index (χ1v) is 5.85. The largest absolute Gasteiger partial charge is 0.479 e. The Morgan fingerprint density at radius 3 is 2.24 bits per heavy atom. The third-order valence-electron chi connectivity index (χ3n) is 2.79. The number of aliphatic hydroxyl groups excluding tert-OH is 1. The van der Waals surface area contributed by atoms with Gasteiger partial charge in [0.05, 0.1) is 0 Å². The van der Waals surface area contributed by atoms with E-state index in [0.717, 1.165) is 12.8 Å². The summed E-state index contributed by atoms with van der Waals surface area (Å²) in [5.74, 6) is -1.27. The van der Waals surface area contributed by atoms with Crippen LogP contribution in [-0.2, 0) is 4.79 Å². The van der Waals surface area contributed by atoms with Crippen molar-refractivity contribution in [1.29, 1.82) is 0 Å². The van der Waals surface area contributed by atoms with Crippen LogP contribution in [-0.4, -0.2) is 52.9 Å². The minimum absolute atomic E-state index is 0.0117. The zero-order valence-electron chi connectivity index (χ0n) is 10.6. The second kappa shape index (κ2) is 7.89. The summed E-state index contributed by atoms with van der Waals surface area (Å²) in [5, 5.41) is 20.0. The van der Waals surface area contributed by atoms with E-state index in [9.17, 15) is 9.59 Å². The number of hydrogen-bond acceptors (Lipinski definition) is 3. The number of carbonyl (C=O) groups is 2. The average molecular weight is 246 g/mol. The molecule has 0 rings (SSSR count). The van der Waals surface area contributed by atoms with Gasteiger partial charge in [0.25, 0.3) is 0 Å². The first-order valence-electron chi connectivity index (χ1n) is 5.85. The number of nitrogens with zero attached hydrogens (tertiary/aromatic N) is 1. The van der Waals surface area contributed by atoms with Crippen molar-refractivity contribution in [1.82, 2.24) is 10.2 Å². The van der Waals surface area contributed by atoms with Crippen molar-refractivity contribution >= 4 is 12.0 Å². The first-order chi connectivity index (χ1) is 7.93. The number of aliphatic carboxylic acids is 1. The van der Waals surface area contributed by atoms with Crippen molar-refractivity contribution in [2.75, 3.05) is 13.6 Å². The molecule has 0 fully saturated rings. The van der Waals surface area contributed by atoms with Crippen LogP contribution in [0.1, 0.15) is 33.1 Å². The maximum absolute atomic E-state index is 11.6. The van der Waals surface area contributed by atoms with E-state index in [2.05, 4.69) is 5.32 Å². The number of urea groups is 1. The van der Waals surface area contributed by atoms with Crippen molar-refractivity contribution in [2.24, 2.45) is 0 Å². The number of carbonyl (C=O) groups excluding carboxylic acids is 1. The van der Waals surface area contributed by atoms with Crippen LogP contribution in [0.5, 0.6) is 0 Å². The molecule has 1 atom stereocenters. The highest BCUT2D eigenvalue weighted by atomic mass is 16.4. The number of amides is 2. The van der Waals surface area contributed by atoms with Crippen molar-refractivity contribution in [2.45, 2.75) is 45.3 Å². The molecule has 2 amide bonds. The van der Waals surface area contributed by atoms with Gasteiger partial charge in [0.1, 0.15) is 0 Å². The molecule has 6 heteroatoms. The molecule has 100 valence electrons. The average Bonchev–Trinajstić information content (AvgIpc) is 2.29. The molecule has 0 radical (unpaired) electrons. The van der Waals surface area contributed by atoms with Crippen LogP contribution >= 0.6 is 0 Å². The van der Waals surface area contributed by atoms with Gasteiger partial charge in [-0.05, 0) is 12.8 Å². The van der Waals surface area contributed by atoms with Crippen LogP contribution in [0.4, 0.5) is 4.79 Å². The minimum atomic E-state index is -1.42. The van der Waals surface area contributed by atoms with E-state index >= 15 is 0 Å². The van der Waals surface area contributed by atoms with Gasteiger partial charge >= 0.3 is 12.0 Å². The van der Waals surface area contributed by atoms with E-state index in [1.165, 1.54) is 0 Å². The topological polar surface area (TPSA) is 89.9 Å². The van der Waals surface area contributed by atoms with Gasteiger partial charge in [0.2, 0.25) is 0 Å². The summed E-state index contributed by atoms with van der Waals surface area (Å²) in [6.07, 6.45) is 0.336. The molecular weight excluding hydrogens is 224 g/mol. The van der Waals surface area contributed by atoms with Gasteiger partial charge in [-0.3, -0.25) is 0 Å². The van der Waals surface area contributed by atoms with Gasteiger partial charge in [-0.25, -0.2) is 9.59 Å². The Balaban J connectivity index is 3.97. The zero-order chi connectivity index (χ0) is 13.4. The number of carboxylic acids is 1. The van der Waals surface area contributed by atoms with E-state index in [1.54, 1.807) is 11.9 Å². The first kappa shape index (κ1) is 15.7. The van der Waals surface area contributed by atoms with E-state index < -0.39 is 12.1 Å². The summed E-state index contributed by atoms with van der Waals surface area (Å²) in [4.78, 5) is 23.6. The second-order valence-electron chi connectivity index (χ2n) is 3.96. The molecule has 0 saturated carbocycles. The fourth-order valence-electron chi connectivity index (χ4n) is 1.57. The lowest BCUT2D eigenvalue weighted by Gasteiger charge is -2.26. The number of hydrogen-bond donors (Lipinski definition) is 3. The molecule has 1 unspecified atom stereocenters. The summed E-state index contributed by atoms with van der Waals surface area (Å²) in [5.41, 5.74) is 0. The van der Waals surface area contributed by atoms with Gasteiger partial charge in [0, 0.05) is 26.1 Å². The highest BCUT2D eigenvalue weighted by Gasteiger charge is 2.17. The smallest absolute Gasteiger partial charge is 0.332 e. The van der Waals surface area contributed by atoms with Crippen LogP contribution < -0.4 is 5.32 Å². The highest BCUT2D eigenvalue weighted by molar-refractivity contribution is 5.74. The minimum Gasteiger partial charge on any atom is -0.479 e. The highest BCUT2D eigenvalue weighted by Crippen LogP contribution is 2.05. The third kappa shape index (κ3) is 5.53. The fraction of sp³-hybridized carbons (Fsp3) is 0.818. The molecule has 0 saturated heterocycles. The number of rotatable bonds is 7. The Kier molecular flexibility index (Phi) is 7.29. The van der Waals surface area contributed by atoms with E-state index in [4.69, 9.17) is 10.2 Å². The lowest BCUT2D eigenvalue weighted by atomic mass is 10.1. The quantitative estimate of drug-likeness (QED) is 0.615. The van der Waals surface area contributed by atoms with Crippen LogP contribution in [0.25, 0.3) is 0 Å². The summed E-state index contributed by atoms with van der Waals surface area (Å²) < 4.78 is 0. The second-order valence-corrected chi connectivity index (χ2v) is 3.96. The van der Waals surface area contributed by atoms with E-state index in [0.29, 0.717) is 0 Å². The summed E-state index contributed by atoms with van der Waals surface area (Å²) in [7, 11) is 1.71. The van der Waals surface area contributed by atoms with Crippen molar-refractivity contribution in [3.8, 4) is 0 Å². The Hall–Kier alpha value is -1.30. The predicted octanol–water partition coefficient (Wildman–Crippen LogP) is 0.652. The standard InChI is InChI=1S/C11H22N2O4/c1-4-8(5-2)13(3)11(17)12-7-6-9(14)10(15)16/h8-9,14H,4-7H2,1-3H3,(H,12,17)(H,15,16). The SMILES string of the molecule is CCC(CC)N(C)C(=O)NCCC(O)C(=O)O. The normalized spacial score (nSPS) is 12.3. The number of aliphatic hydroxyl groups is 1. The maximum Gasteiger partial charge on any atom is 0.332 e. The Morgan fingerprint density at radius 2 is 1.82 bits per heavy atom. The zero-order valence-corrected chi connectivity index (χ0v) is 10.6. The molecule has 6 nitrogen and oxygen atoms in total. The Labute approximate surface area is 102 Å². The number of nitrogens with one attached hydrogen (secondary N) is 1. The summed E-state index contributed by atoms with van der Waals surface area (Å²) >= 11 is 0. The van der Waals surface area contributed by atoms with Gasteiger partial charge < -0.3 is 20.4 Å². The monoisotopic (exact) mass is 246 g/mol. The fourth-order valence-corrected chi connectivity index (χ4v) is 1.57. The van der Waals surface area contributed by atoms with E-state index in [-0.39, 0.29) is 25.0 Å². The molecule has 0 spiro atoms. The summed E-state index contributed by atoms with van der Waals surface area (Å²) in [6.45, 7) is 4.16. The molecule has 0 aliphatic heterocycles. The molecule has 0 aliphatic carbocycles. The lowest BCUT2D eigenvalue weighted by Crippen LogP contribution is -2.44. The third-order valence-corrected chi connectivity index (χ3v) is 2.79. The van der Waals surface area contributed by atoms with Crippen LogP contribution in [0.15, 0.2) is 0 Å². The molecule has 0 aromatic rings. The van der Waals surface area contributed by atoms with Gasteiger partial charge in [0.15, 0.2) is 6.10 Å². The molecule has 17 heavy (non-hydrogen) atoms. The molecule has 0 aromatic heterocycles. The predicted molar refractivity (Wildman–Crippen MR) is 63.8 cm³/mol. The maximum atomic E-state index is 11.6. The van der Waals surface area contributed by atoms with Crippen LogP contribution in [0.3, 0.4) is 0 Å². The van der Waals surface area contributed by atoms with Crippen molar-refractivity contribution in [3.05, 3.63) is 0 Å². The molecule has 3 N–H and O–H groups in total. The van der Waals surface area contributed by atoms with Crippen LogP contribution in [0, 0.1) is 0 Å². The van der Waals surface area contributed by atoms with Crippen LogP contribution in [0.2, 0.25) is 0 Å². The molecule has 0 aromatic carbocycles. The van der Waals surface area contributed by atoms with E-state index in [1.807, 2.05) is 13.8 Å². The van der Waals surface area contributed by atoms with Gasteiger partial charge in [-0.1, -0.05) is 13.8 Å². The molecule has 0 aliphatic rings. The van der Waals surface area contributed by atoms with Crippen molar-refractivity contribution in [3.63, 3.8) is 0 Å². The molecule has 0 heterocycles.